The molecule has 1 fully saturated rings. The smallest absolute Gasteiger partial charge is 0.0588 e. The molecule has 1 unspecified atom stereocenters. The Kier molecular flexibility index (Phi) is 3.31. The monoisotopic (exact) mass is 219 g/mol. The molecule has 2 N–H and O–H groups in total. The number of benzene rings is 1. The van der Waals surface area contributed by atoms with Crippen LogP contribution in [0.25, 0.3) is 0 Å². The van der Waals surface area contributed by atoms with Crippen LogP contribution in [0.15, 0.2) is 24.3 Å². The second-order valence-electron chi connectivity index (χ2n) is 4.99. The first-order chi connectivity index (χ1) is 7.69. The lowest BCUT2D eigenvalue weighted by molar-refractivity contribution is -0.0883. The highest BCUT2D eigenvalue weighted by molar-refractivity contribution is 5.31. The van der Waals surface area contributed by atoms with Crippen molar-refractivity contribution < 1.29 is 4.74 Å². The number of nitrogens with two attached hydrogens (primary N) is 1. The van der Waals surface area contributed by atoms with Crippen molar-refractivity contribution in [3.05, 3.63) is 35.4 Å². The molecule has 16 heavy (non-hydrogen) atoms. The fraction of sp³-hybridized carbons (Fsp3) is 0.571. The summed E-state index contributed by atoms with van der Waals surface area (Å²) in [5.74, 6) is 0.592. The van der Waals surface area contributed by atoms with E-state index in [2.05, 4.69) is 38.1 Å². The molecule has 0 spiro atoms. The molecule has 0 aliphatic carbocycles. The van der Waals surface area contributed by atoms with Crippen LogP contribution in [0.1, 0.15) is 24.5 Å². The lowest BCUT2D eigenvalue weighted by Gasteiger charge is -2.46. The Morgan fingerprint density at radius 1 is 1.31 bits per heavy atom. The van der Waals surface area contributed by atoms with Gasteiger partial charge in [-0.25, -0.2) is 0 Å². The Labute approximate surface area is 97.8 Å². The molecule has 1 aromatic rings. The molecule has 2 nitrogen and oxygen atoms in total. The third-order valence-electron chi connectivity index (χ3n) is 3.89. The molecule has 1 aliphatic rings. The summed E-state index contributed by atoms with van der Waals surface area (Å²) in [7, 11) is 0. The molecule has 2 rings (SSSR count). The van der Waals surface area contributed by atoms with E-state index >= 15 is 0 Å². The minimum Gasteiger partial charge on any atom is -0.379 e. The van der Waals surface area contributed by atoms with Gasteiger partial charge in [0.25, 0.3) is 0 Å². The van der Waals surface area contributed by atoms with Crippen LogP contribution in [0.3, 0.4) is 0 Å². The van der Waals surface area contributed by atoms with E-state index in [-0.39, 0.29) is 5.41 Å². The molecule has 1 aromatic carbocycles. The molecule has 1 aliphatic heterocycles. The van der Waals surface area contributed by atoms with Gasteiger partial charge in [-0.2, -0.15) is 0 Å². The summed E-state index contributed by atoms with van der Waals surface area (Å²) in [5.41, 5.74) is 8.60. The van der Waals surface area contributed by atoms with Gasteiger partial charge in [0, 0.05) is 5.41 Å². The third-order valence-corrected chi connectivity index (χ3v) is 3.89. The van der Waals surface area contributed by atoms with Gasteiger partial charge < -0.3 is 10.5 Å². The molecule has 88 valence electrons. The van der Waals surface area contributed by atoms with E-state index in [9.17, 15) is 0 Å². The quantitative estimate of drug-likeness (QED) is 0.843. The highest BCUT2D eigenvalue weighted by Gasteiger charge is 2.44. The molecule has 0 saturated carbocycles. The maximum absolute atomic E-state index is 5.67. The van der Waals surface area contributed by atoms with Gasteiger partial charge in [0.1, 0.15) is 0 Å². The van der Waals surface area contributed by atoms with Crippen molar-refractivity contribution >= 4 is 0 Å². The number of ether oxygens (including phenoxy) is 1. The highest BCUT2D eigenvalue weighted by atomic mass is 16.5. The lowest BCUT2D eigenvalue weighted by Crippen LogP contribution is -2.52. The van der Waals surface area contributed by atoms with Crippen molar-refractivity contribution in [2.75, 3.05) is 19.8 Å². The Bertz CT molecular complexity index is 340. The maximum atomic E-state index is 5.67. The first kappa shape index (κ1) is 11.6. The molecular weight excluding hydrogens is 198 g/mol. The van der Waals surface area contributed by atoms with Gasteiger partial charge in [-0.1, -0.05) is 36.8 Å². The normalized spacial score (nSPS) is 20.2. The molecular formula is C14H21NO. The van der Waals surface area contributed by atoms with Crippen molar-refractivity contribution in [3.63, 3.8) is 0 Å². The van der Waals surface area contributed by atoms with Gasteiger partial charge in [0.2, 0.25) is 0 Å². The van der Waals surface area contributed by atoms with Gasteiger partial charge in [-0.3, -0.25) is 0 Å². The minimum atomic E-state index is 0.215. The van der Waals surface area contributed by atoms with Gasteiger partial charge in [0.05, 0.1) is 13.2 Å². The second kappa shape index (κ2) is 4.56. The molecule has 0 radical (unpaired) electrons. The average molecular weight is 219 g/mol. The van der Waals surface area contributed by atoms with Crippen molar-refractivity contribution in [2.24, 2.45) is 11.7 Å². The first-order valence-electron chi connectivity index (χ1n) is 6.04. The summed E-state index contributed by atoms with van der Waals surface area (Å²) in [6.45, 7) is 6.86. The molecule has 0 aromatic heterocycles. The zero-order valence-electron chi connectivity index (χ0n) is 10.2. The fourth-order valence-corrected chi connectivity index (χ4v) is 2.47. The summed E-state index contributed by atoms with van der Waals surface area (Å²) in [6.07, 6.45) is 1.07. The third kappa shape index (κ3) is 1.87. The van der Waals surface area contributed by atoms with E-state index in [1.807, 2.05) is 0 Å². The fourth-order valence-electron chi connectivity index (χ4n) is 2.47. The maximum Gasteiger partial charge on any atom is 0.0588 e. The predicted molar refractivity (Wildman–Crippen MR) is 66.5 cm³/mol. The Hall–Kier alpha value is -0.860. The molecule has 1 atom stereocenters. The molecule has 1 heterocycles. The van der Waals surface area contributed by atoms with Crippen LogP contribution in [0.5, 0.6) is 0 Å². The Balaban J connectivity index is 2.24. The summed E-state index contributed by atoms with van der Waals surface area (Å²) in [6, 6.07) is 8.85. The van der Waals surface area contributed by atoms with Gasteiger partial charge >= 0.3 is 0 Å². The van der Waals surface area contributed by atoms with E-state index < -0.39 is 0 Å². The summed E-state index contributed by atoms with van der Waals surface area (Å²) < 4.78 is 5.45. The van der Waals surface area contributed by atoms with Crippen LogP contribution >= 0.6 is 0 Å². The second-order valence-corrected chi connectivity index (χ2v) is 4.99. The predicted octanol–water partition coefficient (Wildman–Crippen LogP) is 2.25. The van der Waals surface area contributed by atoms with Gasteiger partial charge in [-0.15, -0.1) is 0 Å². The van der Waals surface area contributed by atoms with E-state index in [1.54, 1.807) is 0 Å². The summed E-state index contributed by atoms with van der Waals surface area (Å²) in [4.78, 5) is 0. The Morgan fingerprint density at radius 3 is 2.38 bits per heavy atom. The van der Waals surface area contributed by atoms with E-state index in [0.29, 0.717) is 5.92 Å². The van der Waals surface area contributed by atoms with Crippen LogP contribution in [-0.4, -0.2) is 19.8 Å². The van der Waals surface area contributed by atoms with Gasteiger partial charge in [-0.05, 0) is 31.4 Å². The topological polar surface area (TPSA) is 35.2 Å². The van der Waals surface area contributed by atoms with Crippen molar-refractivity contribution in [3.8, 4) is 0 Å². The van der Waals surface area contributed by atoms with Crippen LogP contribution in [0.2, 0.25) is 0 Å². The van der Waals surface area contributed by atoms with Crippen LogP contribution in [0, 0.1) is 12.8 Å². The number of hydrogen-bond acceptors (Lipinski definition) is 2. The van der Waals surface area contributed by atoms with Crippen LogP contribution < -0.4 is 5.73 Å². The van der Waals surface area contributed by atoms with E-state index in [1.165, 1.54) is 11.1 Å². The standard InChI is InChI=1S/C14H21NO/c1-11-3-5-13(6-4-11)14(9-16-10-14)12(2)7-8-15/h3-6,12H,7-10,15H2,1-2H3. The lowest BCUT2D eigenvalue weighted by atomic mass is 9.68. The van der Waals surface area contributed by atoms with Crippen LogP contribution in [0.4, 0.5) is 0 Å². The van der Waals surface area contributed by atoms with Crippen molar-refractivity contribution in [1.82, 2.24) is 0 Å². The minimum absolute atomic E-state index is 0.215. The number of rotatable bonds is 4. The molecule has 2 heteroatoms. The van der Waals surface area contributed by atoms with Crippen molar-refractivity contribution in [2.45, 2.75) is 25.7 Å². The van der Waals surface area contributed by atoms with E-state index in [4.69, 9.17) is 10.5 Å². The largest absolute Gasteiger partial charge is 0.379 e. The first-order valence-corrected chi connectivity index (χ1v) is 6.04. The molecule has 0 amide bonds. The zero-order valence-corrected chi connectivity index (χ0v) is 10.2. The average Bonchev–Trinajstić information content (AvgIpc) is 2.19. The number of hydrogen-bond donors (Lipinski definition) is 1. The van der Waals surface area contributed by atoms with Gasteiger partial charge in [0.15, 0.2) is 0 Å². The summed E-state index contributed by atoms with van der Waals surface area (Å²) in [5, 5.41) is 0. The van der Waals surface area contributed by atoms with Crippen molar-refractivity contribution in [1.29, 1.82) is 0 Å². The summed E-state index contributed by atoms with van der Waals surface area (Å²) >= 11 is 0. The van der Waals surface area contributed by atoms with Crippen LogP contribution in [-0.2, 0) is 10.2 Å². The SMILES string of the molecule is Cc1ccc(C2(C(C)CCN)COC2)cc1. The number of aryl methyl sites for hydroxylation is 1. The Morgan fingerprint density at radius 2 is 1.94 bits per heavy atom. The highest BCUT2D eigenvalue weighted by Crippen LogP contribution is 2.40. The van der Waals surface area contributed by atoms with E-state index in [0.717, 1.165) is 26.2 Å². The molecule has 1 saturated heterocycles. The zero-order chi connectivity index (χ0) is 11.6. The molecule has 0 bridgehead atoms.